The van der Waals surface area contributed by atoms with Crippen molar-refractivity contribution in [1.29, 1.82) is 0 Å². The summed E-state index contributed by atoms with van der Waals surface area (Å²) >= 11 is 1.32. The van der Waals surface area contributed by atoms with Crippen LogP contribution in [0.5, 0.6) is 5.75 Å². The van der Waals surface area contributed by atoms with Crippen LogP contribution in [0.15, 0.2) is 58.8 Å². The van der Waals surface area contributed by atoms with Gasteiger partial charge in [-0.15, -0.1) is 11.3 Å². The molecular formula is C20H17F3N2O5S2. The highest BCUT2D eigenvalue weighted by molar-refractivity contribution is 7.89. The van der Waals surface area contributed by atoms with Crippen LogP contribution in [0.1, 0.15) is 11.3 Å². The Morgan fingerprint density at radius 3 is 2.62 bits per heavy atom. The molecule has 0 amide bonds. The SMILES string of the molecule is COc1ccccc1-c1nc(COC(=O)CNS(=O)(=O)c2cccc(C(F)(F)F)c2)cs1. The lowest BCUT2D eigenvalue weighted by atomic mass is 10.2. The van der Waals surface area contributed by atoms with Crippen LogP contribution in [0.25, 0.3) is 10.6 Å². The van der Waals surface area contributed by atoms with Gasteiger partial charge in [-0.2, -0.15) is 17.9 Å². The highest BCUT2D eigenvalue weighted by Crippen LogP contribution is 2.32. The number of carbonyl (C=O) groups is 1. The standard InChI is InChI=1S/C20H17F3N2O5S2/c1-29-17-8-3-2-7-16(17)19-25-14(12-31-19)11-30-18(26)10-24-32(27,28)15-6-4-5-13(9-15)20(21,22)23/h2-9,12,24H,10-11H2,1H3. The van der Waals surface area contributed by atoms with E-state index in [1.165, 1.54) is 18.4 Å². The number of methoxy groups -OCH3 is 1. The van der Waals surface area contributed by atoms with Gasteiger partial charge in [0, 0.05) is 5.38 Å². The van der Waals surface area contributed by atoms with E-state index in [9.17, 15) is 26.4 Å². The van der Waals surface area contributed by atoms with E-state index in [-0.39, 0.29) is 6.61 Å². The van der Waals surface area contributed by atoms with Gasteiger partial charge in [-0.25, -0.2) is 13.4 Å². The molecule has 170 valence electrons. The number of hydrogen-bond donors (Lipinski definition) is 1. The Morgan fingerprint density at radius 1 is 1.16 bits per heavy atom. The van der Waals surface area contributed by atoms with E-state index in [1.807, 2.05) is 22.9 Å². The summed E-state index contributed by atoms with van der Waals surface area (Å²) in [6, 6.07) is 10.5. The lowest BCUT2D eigenvalue weighted by Crippen LogP contribution is -2.30. The second kappa shape index (κ2) is 9.67. The molecule has 3 aromatic rings. The van der Waals surface area contributed by atoms with Crippen molar-refractivity contribution in [2.24, 2.45) is 0 Å². The molecule has 12 heteroatoms. The Kier molecular flexibility index (Phi) is 7.16. The summed E-state index contributed by atoms with van der Waals surface area (Å²) in [6.45, 7) is -0.947. The van der Waals surface area contributed by atoms with Crippen molar-refractivity contribution in [3.63, 3.8) is 0 Å². The number of hydrogen-bond acceptors (Lipinski definition) is 7. The van der Waals surface area contributed by atoms with Crippen LogP contribution >= 0.6 is 11.3 Å². The molecule has 2 aromatic carbocycles. The van der Waals surface area contributed by atoms with E-state index in [4.69, 9.17) is 9.47 Å². The maximum absolute atomic E-state index is 12.8. The van der Waals surface area contributed by atoms with E-state index in [2.05, 4.69) is 4.98 Å². The zero-order valence-electron chi connectivity index (χ0n) is 16.5. The van der Waals surface area contributed by atoms with Gasteiger partial charge in [-0.05, 0) is 30.3 Å². The Balaban J connectivity index is 1.57. The minimum absolute atomic E-state index is 0.199. The van der Waals surface area contributed by atoms with Crippen LogP contribution in [0.2, 0.25) is 0 Å². The molecule has 0 fully saturated rings. The molecule has 32 heavy (non-hydrogen) atoms. The first kappa shape index (κ1) is 23.7. The van der Waals surface area contributed by atoms with Crippen molar-refractivity contribution >= 4 is 27.3 Å². The van der Waals surface area contributed by atoms with E-state index < -0.39 is 39.2 Å². The summed E-state index contributed by atoms with van der Waals surface area (Å²) in [7, 11) is -2.80. The smallest absolute Gasteiger partial charge is 0.416 e. The molecule has 3 rings (SSSR count). The van der Waals surface area contributed by atoms with Crippen LogP contribution in [0, 0.1) is 0 Å². The third-order valence-corrected chi connectivity index (χ3v) is 6.47. The van der Waals surface area contributed by atoms with Gasteiger partial charge >= 0.3 is 12.1 Å². The van der Waals surface area contributed by atoms with E-state index in [1.54, 1.807) is 11.4 Å². The van der Waals surface area contributed by atoms with Gasteiger partial charge in [-0.3, -0.25) is 4.79 Å². The minimum atomic E-state index is -4.69. The summed E-state index contributed by atoms with van der Waals surface area (Å²) in [5, 5.41) is 2.33. The largest absolute Gasteiger partial charge is 0.496 e. The van der Waals surface area contributed by atoms with Crippen LogP contribution in [-0.4, -0.2) is 33.0 Å². The number of carbonyl (C=O) groups excluding carboxylic acids is 1. The number of halogens is 3. The molecule has 0 saturated carbocycles. The van der Waals surface area contributed by atoms with Crippen molar-refractivity contribution in [2.45, 2.75) is 17.7 Å². The number of esters is 1. The molecule has 0 aliphatic carbocycles. The number of nitrogens with zero attached hydrogens (tertiary/aromatic N) is 1. The average molecular weight is 486 g/mol. The molecule has 0 spiro atoms. The molecule has 0 radical (unpaired) electrons. The molecule has 1 aromatic heterocycles. The second-order valence-electron chi connectivity index (χ2n) is 6.36. The molecule has 0 aliphatic heterocycles. The first-order valence-corrected chi connectivity index (χ1v) is 11.4. The van der Waals surface area contributed by atoms with Gasteiger partial charge < -0.3 is 9.47 Å². The van der Waals surface area contributed by atoms with E-state index in [0.717, 1.165) is 23.8 Å². The molecule has 0 bridgehead atoms. The van der Waals surface area contributed by atoms with Gasteiger partial charge in [0.05, 0.1) is 28.8 Å². The second-order valence-corrected chi connectivity index (χ2v) is 8.98. The van der Waals surface area contributed by atoms with Crippen molar-refractivity contribution in [3.05, 3.63) is 65.2 Å². The van der Waals surface area contributed by atoms with E-state index in [0.29, 0.717) is 22.5 Å². The first-order valence-electron chi connectivity index (χ1n) is 9.00. The van der Waals surface area contributed by atoms with Gasteiger partial charge in [0.1, 0.15) is 23.9 Å². The maximum Gasteiger partial charge on any atom is 0.416 e. The van der Waals surface area contributed by atoms with Gasteiger partial charge in [0.15, 0.2) is 0 Å². The van der Waals surface area contributed by atoms with Crippen molar-refractivity contribution < 1.29 is 35.9 Å². The number of thiazole rings is 1. The fraction of sp³-hybridized carbons (Fsp3) is 0.200. The fourth-order valence-electron chi connectivity index (χ4n) is 2.60. The molecular weight excluding hydrogens is 469 g/mol. The number of ether oxygens (including phenoxy) is 2. The Bertz CT molecular complexity index is 1210. The van der Waals surface area contributed by atoms with Crippen LogP contribution in [0.3, 0.4) is 0 Å². The molecule has 0 aliphatic rings. The average Bonchev–Trinajstić information content (AvgIpc) is 3.24. The van der Waals surface area contributed by atoms with Crippen molar-refractivity contribution in [3.8, 4) is 16.3 Å². The lowest BCUT2D eigenvalue weighted by molar-refractivity contribution is -0.143. The Labute approximate surface area is 185 Å². The minimum Gasteiger partial charge on any atom is -0.496 e. The predicted octanol–water partition coefficient (Wildman–Crippen LogP) is 3.86. The summed E-state index contributed by atoms with van der Waals surface area (Å²) in [6.07, 6.45) is -4.69. The fourth-order valence-corrected chi connectivity index (χ4v) is 4.45. The number of aromatic nitrogens is 1. The molecule has 1 heterocycles. The quantitative estimate of drug-likeness (QED) is 0.486. The van der Waals surface area contributed by atoms with Crippen molar-refractivity contribution in [2.75, 3.05) is 13.7 Å². The Morgan fingerprint density at radius 2 is 1.91 bits per heavy atom. The lowest BCUT2D eigenvalue weighted by Gasteiger charge is -2.10. The zero-order valence-corrected chi connectivity index (χ0v) is 18.2. The summed E-state index contributed by atoms with van der Waals surface area (Å²) < 4.78 is 75.0. The normalized spacial score (nSPS) is 11.9. The monoisotopic (exact) mass is 486 g/mol. The number of nitrogens with one attached hydrogen (secondary N) is 1. The number of para-hydroxylation sites is 1. The highest BCUT2D eigenvalue weighted by Gasteiger charge is 2.31. The summed E-state index contributed by atoms with van der Waals surface area (Å²) in [5.74, 6) is -0.276. The third kappa shape index (κ3) is 5.84. The van der Waals surface area contributed by atoms with Crippen LogP contribution in [-0.2, 0) is 32.3 Å². The van der Waals surface area contributed by atoms with Gasteiger partial charge in [0.2, 0.25) is 10.0 Å². The molecule has 0 saturated heterocycles. The molecule has 1 N–H and O–H groups in total. The number of alkyl halides is 3. The van der Waals surface area contributed by atoms with Gasteiger partial charge in [0.25, 0.3) is 0 Å². The zero-order chi connectivity index (χ0) is 23.4. The third-order valence-electron chi connectivity index (χ3n) is 4.15. The molecule has 0 atom stereocenters. The summed E-state index contributed by atoms with van der Waals surface area (Å²) in [5.41, 5.74) is 0.105. The van der Waals surface area contributed by atoms with E-state index >= 15 is 0 Å². The van der Waals surface area contributed by atoms with Crippen molar-refractivity contribution in [1.82, 2.24) is 9.71 Å². The first-order chi connectivity index (χ1) is 15.1. The van der Waals surface area contributed by atoms with Gasteiger partial charge in [-0.1, -0.05) is 18.2 Å². The molecule has 0 unspecified atom stereocenters. The topological polar surface area (TPSA) is 94.6 Å². The Hall–Kier alpha value is -2.96. The number of benzene rings is 2. The number of sulfonamides is 1. The molecule has 7 nitrogen and oxygen atoms in total. The predicted molar refractivity (Wildman–Crippen MR) is 111 cm³/mol. The number of rotatable bonds is 8. The van der Waals surface area contributed by atoms with Crippen LogP contribution in [0.4, 0.5) is 13.2 Å². The summed E-state index contributed by atoms with van der Waals surface area (Å²) in [4.78, 5) is 15.7. The van der Waals surface area contributed by atoms with Crippen LogP contribution < -0.4 is 9.46 Å². The highest BCUT2D eigenvalue weighted by atomic mass is 32.2. The maximum atomic E-state index is 12.8.